The molecule has 5 nitrogen and oxygen atoms in total. The van der Waals surface area contributed by atoms with Gasteiger partial charge in [-0.2, -0.15) is 0 Å². The highest BCUT2D eigenvalue weighted by Crippen LogP contribution is 2.31. The third-order valence-corrected chi connectivity index (χ3v) is 7.51. The number of aryl methyl sites for hydroxylation is 1. The smallest absolute Gasteiger partial charge is 0.305 e. The maximum absolute atomic E-state index is 12.1. The van der Waals surface area contributed by atoms with E-state index in [0.29, 0.717) is 18.3 Å². The summed E-state index contributed by atoms with van der Waals surface area (Å²) in [6, 6.07) is 12.2. The monoisotopic (exact) mass is 476 g/mol. The molecular weight excluding hydrogens is 444 g/mol. The van der Waals surface area contributed by atoms with Crippen molar-refractivity contribution in [3.8, 4) is 17.6 Å². The number of likely N-dealkylation sites (tertiary alicyclic amines) is 1. The van der Waals surface area contributed by atoms with Crippen LogP contribution in [-0.4, -0.2) is 49.7 Å². The van der Waals surface area contributed by atoms with Crippen molar-refractivity contribution in [1.29, 1.82) is 0 Å². The van der Waals surface area contributed by atoms with Crippen LogP contribution >= 0.6 is 11.3 Å². The van der Waals surface area contributed by atoms with Gasteiger partial charge in [0.2, 0.25) is 0 Å². The Hall–Kier alpha value is -2.88. The minimum atomic E-state index is -0.117. The first-order chi connectivity index (χ1) is 16.7. The van der Waals surface area contributed by atoms with E-state index in [1.165, 1.54) is 12.7 Å². The highest BCUT2D eigenvalue weighted by molar-refractivity contribution is 7.10. The first-order valence-corrected chi connectivity index (χ1v) is 12.8. The first kappa shape index (κ1) is 24.3. The van der Waals surface area contributed by atoms with Crippen molar-refractivity contribution < 1.29 is 14.3 Å². The fourth-order valence-electron chi connectivity index (χ4n) is 4.88. The van der Waals surface area contributed by atoms with Crippen LogP contribution in [0, 0.1) is 23.7 Å². The lowest BCUT2D eigenvalue weighted by Gasteiger charge is -2.37. The van der Waals surface area contributed by atoms with Crippen LogP contribution in [0.4, 0.5) is 0 Å². The molecule has 178 valence electrons. The number of ether oxygens (including phenoxy) is 2. The average Bonchev–Trinajstić information content (AvgIpc) is 3.38. The summed E-state index contributed by atoms with van der Waals surface area (Å²) in [6.45, 7) is 2.66. The molecule has 2 aromatic heterocycles. The van der Waals surface area contributed by atoms with E-state index in [2.05, 4.69) is 33.9 Å². The van der Waals surface area contributed by atoms with Crippen molar-refractivity contribution in [3.63, 3.8) is 0 Å². The van der Waals surface area contributed by atoms with Gasteiger partial charge >= 0.3 is 5.97 Å². The van der Waals surface area contributed by atoms with Crippen molar-refractivity contribution in [2.24, 2.45) is 11.8 Å². The van der Waals surface area contributed by atoms with E-state index >= 15 is 0 Å². The number of piperidine rings is 1. The summed E-state index contributed by atoms with van der Waals surface area (Å²) in [4.78, 5) is 20.1. The van der Waals surface area contributed by atoms with E-state index in [4.69, 9.17) is 9.47 Å². The van der Waals surface area contributed by atoms with Gasteiger partial charge in [0.25, 0.3) is 0 Å². The number of carbonyl (C=O) groups is 1. The number of hydrogen-bond acceptors (Lipinski definition) is 6. The van der Waals surface area contributed by atoms with Crippen LogP contribution in [0.5, 0.6) is 5.75 Å². The Morgan fingerprint density at radius 3 is 2.94 bits per heavy atom. The molecule has 34 heavy (non-hydrogen) atoms. The zero-order valence-corrected chi connectivity index (χ0v) is 20.8. The fraction of sp³-hybridized carbons (Fsp3) is 0.429. The maximum Gasteiger partial charge on any atom is 0.305 e. The summed E-state index contributed by atoms with van der Waals surface area (Å²) in [6.07, 6.45) is 6.63. The zero-order valence-electron chi connectivity index (χ0n) is 20.0. The molecule has 0 N–H and O–H groups in total. The van der Waals surface area contributed by atoms with Gasteiger partial charge < -0.3 is 9.47 Å². The van der Waals surface area contributed by atoms with E-state index in [0.717, 1.165) is 66.8 Å². The van der Waals surface area contributed by atoms with Crippen molar-refractivity contribution in [3.05, 3.63) is 58.4 Å². The molecule has 0 amide bonds. The number of carbonyl (C=O) groups excluding carboxylic acids is 1. The van der Waals surface area contributed by atoms with Crippen molar-refractivity contribution in [2.45, 2.75) is 32.1 Å². The summed E-state index contributed by atoms with van der Waals surface area (Å²) < 4.78 is 10.4. The third kappa shape index (κ3) is 6.37. The average molecular weight is 477 g/mol. The molecule has 0 radical (unpaired) electrons. The topological polar surface area (TPSA) is 51.7 Å². The number of rotatable bonds is 8. The van der Waals surface area contributed by atoms with Gasteiger partial charge in [0.1, 0.15) is 5.75 Å². The number of esters is 1. The third-order valence-electron chi connectivity index (χ3n) is 6.73. The Morgan fingerprint density at radius 2 is 2.15 bits per heavy atom. The van der Waals surface area contributed by atoms with Crippen molar-refractivity contribution in [2.75, 3.05) is 33.9 Å². The van der Waals surface area contributed by atoms with Gasteiger partial charge in [0, 0.05) is 24.5 Å². The molecule has 0 aliphatic carbocycles. The van der Waals surface area contributed by atoms with Crippen molar-refractivity contribution in [1.82, 2.24) is 9.88 Å². The molecule has 3 heterocycles. The lowest BCUT2D eigenvalue weighted by atomic mass is 9.80. The Morgan fingerprint density at radius 1 is 1.24 bits per heavy atom. The van der Waals surface area contributed by atoms with Crippen LogP contribution in [0.25, 0.3) is 10.9 Å². The second-order valence-electron chi connectivity index (χ2n) is 8.85. The van der Waals surface area contributed by atoms with Crippen LogP contribution < -0.4 is 4.74 Å². The minimum absolute atomic E-state index is 0.117. The molecule has 2 atom stereocenters. The van der Waals surface area contributed by atoms with E-state index in [1.54, 1.807) is 18.4 Å². The number of aromatic nitrogens is 1. The number of pyridine rings is 1. The zero-order chi connectivity index (χ0) is 23.8. The lowest BCUT2D eigenvalue weighted by molar-refractivity contribution is -0.142. The largest absolute Gasteiger partial charge is 0.497 e. The van der Waals surface area contributed by atoms with Gasteiger partial charge in [-0.25, -0.2) is 0 Å². The number of nitrogens with zero attached hydrogens (tertiary/aromatic N) is 2. The summed E-state index contributed by atoms with van der Waals surface area (Å²) in [7, 11) is 3.17. The number of benzene rings is 1. The van der Waals surface area contributed by atoms with Gasteiger partial charge in [-0.05, 0) is 85.3 Å². The standard InChI is InChI=1S/C28H32N2O3S/c1-32-24-10-11-27-26(19-24)22(12-14-29-27)7-3-6-21-13-16-30(20-23(21)18-28(31)33-2)15-4-8-25-9-5-17-34-25/h5,9-12,14,17,19,21,23H,3,6-7,13,15-16,18,20H2,1-2H3/t21-,23+/m1/s1. The fourth-order valence-corrected chi connectivity index (χ4v) is 5.47. The van der Waals surface area contributed by atoms with Gasteiger partial charge in [0.05, 0.1) is 31.2 Å². The van der Waals surface area contributed by atoms with Gasteiger partial charge in [-0.3, -0.25) is 14.7 Å². The molecule has 1 aliphatic heterocycles. The molecule has 1 aromatic carbocycles. The summed E-state index contributed by atoms with van der Waals surface area (Å²) in [5, 5.41) is 3.21. The molecule has 0 saturated carbocycles. The quantitative estimate of drug-likeness (QED) is 0.331. The van der Waals surface area contributed by atoms with Crippen LogP contribution in [-0.2, 0) is 16.0 Å². The molecule has 3 aromatic rings. The van der Waals surface area contributed by atoms with Gasteiger partial charge in [0.15, 0.2) is 0 Å². The molecule has 0 bridgehead atoms. The second-order valence-corrected chi connectivity index (χ2v) is 9.80. The number of fused-ring (bicyclic) bond motifs is 1. The van der Waals surface area contributed by atoms with E-state index < -0.39 is 0 Å². The molecule has 1 fully saturated rings. The second kappa shape index (κ2) is 12.0. The molecule has 6 heteroatoms. The first-order valence-electron chi connectivity index (χ1n) is 11.9. The van der Waals surface area contributed by atoms with Gasteiger partial charge in [-0.15, -0.1) is 11.3 Å². The van der Waals surface area contributed by atoms with E-state index in [1.807, 2.05) is 35.8 Å². The molecule has 0 unspecified atom stereocenters. The van der Waals surface area contributed by atoms with Gasteiger partial charge in [-0.1, -0.05) is 17.9 Å². The van der Waals surface area contributed by atoms with E-state index in [9.17, 15) is 4.79 Å². The number of thiophene rings is 1. The maximum atomic E-state index is 12.1. The molecule has 1 aliphatic rings. The molecule has 0 spiro atoms. The van der Waals surface area contributed by atoms with Crippen LogP contribution in [0.2, 0.25) is 0 Å². The summed E-state index contributed by atoms with van der Waals surface area (Å²) in [5.74, 6) is 8.11. The van der Waals surface area contributed by atoms with Crippen LogP contribution in [0.1, 0.15) is 36.1 Å². The predicted octanol–water partition coefficient (Wildman–Crippen LogP) is 5.18. The number of hydrogen-bond donors (Lipinski definition) is 0. The van der Waals surface area contributed by atoms with Crippen LogP contribution in [0.15, 0.2) is 48.0 Å². The Kier molecular flexibility index (Phi) is 8.56. The normalized spacial score (nSPS) is 18.3. The SMILES string of the molecule is COC(=O)C[C@H]1CN(CC#Cc2cccs2)CC[C@H]1CCCc1ccnc2ccc(OC)cc12. The highest BCUT2D eigenvalue weighted by atomic mass is 32.1. The predicted molar refractivity (Wildman–Crippen MR) is 137 cm³/mol. The summed E-state index contributed by atoms with van der Waals surface area (Å²) in [5.41, 5.74) is 2.30. The lowest BCUT2D eigenvalue weighted by Crippen LogP contribution is -2.41. The van der Waals surface area contributed by atoms with E-state index in [-0.39, 0.29) is 5.97 Å². The Labute approximate surface area is 206 Å². The summed E-state index contributed by atoms with van der Waals surface area (Å²) >= 11 is 1.67. The molecule has 4 rings (SSSR count). The number of methoxy groups -OCH3 is 2. The Bertz CT molecular complexity index is 1150. The Balaban J connectivity index is 1.36. The van der Waals surface area contributed by atoms with Crippen LogP contribution in [0.3, 0.4) is 0 Å². The highest BCUT2D eigenvalue weighted by Gasteiger charge is 2.30. The van der Waals surface area contributed by atoms with Crippen molar-refractivity contribution >= 4 is 28.2 Å². The minimum Gasteiger partial charge on any atom is -0.497 e. The molecular formula is C28H32N2O3S. The molecule has 1 saturated heterocycles.